The smallest absolute Gasteiger partial charge is 0.0431 e. The fourth-order valence-corrected chi connectivity index (χ4v) is 2.38. The molecule has 0 aromatic carbocycles. The summed E-state index contributed by atoms with van der Waals surface area (Å²) in [5, 5.41) is 8.51. The molecule has 1 aliphatic rings. The van der Waals surface area contributed by atoms with Crippen LogP contribution in [0.1, 0.15) is 90.4 Å². The molecule has 0 heterocycles. The normalized spacial score (nSPS) is 16.2. The molecule has 0 aliphatic heterocycles. The zero-order valence-electron chi connectivity index (χ0n) is 12.5. The Bertz CT molecular complexity index is 136. The topological polar surface area (TPSA) is 46.2 Å². The molecule has 0 aromatic heterocycles. The van der Waals surface area contributed by atoms with Crippen molar-refractivity contribution >= 4 is 0 Å². The Morgan fingerprint density at radius 3 is 1.72 bits per heavy atom. The fraction of sp³-hybridized carbons (Fsp3) is 1.00. The Kier molecular flexibility index (Phi) is 14.9. The number of rotatable bonds is 8. The molecule has 0 atom stereocenters. The number of aliphatic hydroxyl groups excluding tert-OH is 1. The minimum absolute atomic E-state index is 0.370. The highest BCUT2D eigenvalue weighted by atomic mass is 16.2. The number of aliphatic hydroxyl groups is 1. The van der Waals surface area contributed by atoms with Gasteiger partial charge in [-0.1, -0.05) is 71.1 Å². The van der Waals surface area contributed by atoms with Gasteiger partial charge in [-0.25, -0.2) is 0 Å². The van der Waals surface area contributed by atoms with Crippen LogP contribution >= 0.6 is 0 Å². The summed E-state index contributed by atoms with van der Waals surface area (Å²) in [6, 6.07) is 0.536. The molecule has 2 nitrogen and oxygen atoms in total. The van der Waals surface area contributed by atoms with Gasteiger partial charge in [-0.3, -0.25) is 0 Å². The van der Waals surface area contributed by atoms with E-state index in [4.69, 9.17) is 10.8 Å². The first-order valence-corrected chi connectivity index (χ1v) is 8.17. The van der Waals surface area contributed by atoms with E-state index in [1.165, 1.54) is 77.0 Å². The van der Waals surface area contributed by atoms with E-state index in [0.29, 0.717) is 12.6 Å². The molecule has 2 heteroatoms. The summed E-state index contributed by atoms with van der Waals surface area (Å²) < 4.78 is 0. The zero-order chi connectivity index (χ0) is 13.5. The molecule has 110 valence electrons. The first-order valence-electron chi connectivity index (χ1n) is 8.17. The lowest BCUT2D eigenvalue weighted by Gasteiger charge is -2.15. The molecule has 0 saturated heterocycles. The average molecular weight is 257 g/mol. The third-order valence-corrected chi connectivity index (χ3v) is 3.66. The van der Waals surface area contributed by atoms with Crippen molar-refractivity contribution in [3.05, 3.63) is 0 Å². The van der Waals surface area contributed by atoms with Crippen molar-refractivity contribution in [1.82, 2.24) is 0 Å². The van der Waals surface area contributed by atoms with Gasteiger partial charge in [0.1, 0.15) is 0 Å². The third kappa shape index (κ3) is 14.0. The van der Waals surface area contributed by atoms with Crippen LogP contribution < -0.4 is 5.73 Å². The molecule has 0 spiro atoms. The molecule has 18 heavy (non-hydrogen) atoms. The van der Waals surface area contributed by atoms with Crippen LogP contribution in [0.15, 0.2) is 0 Å². The van der Waals surface area contributed by atoms with Crippen LogP contribution in [-0.2, 0) is 0 Å². The first kappa shape index (κ1) is 17.9. The van der Waals surface area contributed by atoms with Crippen molar-refractivity contribution in [3.8, 4) is 0 Å². The Hall–Kier alpha value is -0.0800. The number of nitrogens with two attached hydrogens (primary N) is 1. The molecule has 0 radical (unpaired) electrons. The van der Waals surface area contributed by atoms with E-state index >= 15 is 0 Å². The Labute approximate surface area is 114 Å². The summed E-state index contributed by atoms with van der Waals surface area (Å²) in [5.74, 6) is 0. The van der Waals surface area contributed by atoms with Gasteiger partial charge in [0.2, 0.25) is 0 Å². The van der Waals surface area contributed by atoms with Crippen LogP contribution in [0, 0.1) is 0 Å². The predicted molar refractivity (Wildman–Crippen MR) is 80.8 cm³/mol. The first-order chi connectivity index (χ1) is 8.81. The maximum atomic E-state index is 8.51. The Morgan fingerprint density at radius 1 is 0.833 bits per heavy atom. The lowest BCUT2D eigenvalue weighted by molar-refractivity contribution is 0.282. The molecule has 0 bridgehead atoms. The summed E-state index contributed by atoms with van der Waals surface area (Å²) in [6.07, 6.45) is 17.0. The summed E-state index contributed by atoms with van der Waals surface area (Å²) in [4.78, 5) is 0. The van der Waals surface area contributed by atoms with E-state index in [-0.39, 0.29) is 0 Å². The van der Waals surface area contributed by atoms with Crippen molar-refractivity contribution in [2.75, 3.05) is 6.61 Å². The molecule has 0 unspecified atom stereocenters. The molecule has 1 fully saturated rings. The summed E-state index contributed by atoms with van der Waals surface area (Å²) in [6.45, 7) is 2.61. The molecular formula is C16H35NO. The largest absolute Gasteiger partial charge is 0.396 e. The van der Waals surface area contributed by atoms with E-state index in [1.807, 2.05) is 0 Å². The van der Waals surface area contributed by atoms with Crippen LogP contribution in [0.4, 0.5) is 0 Å². The highest BCUT2D eigenvalue weighted by molar-refractivity contribution is 4.66. The van der Waals surface area contributed by atoms with Gasteiger partial charge < -0.3 is 10.8 Å². The third-order valence-electron chi connectivity index (χ3n) is 3.66. The molecule has 1 aliphatic carbocycles. The SMILES string of the molecule is CCCCCCCCCCO.NC1CCCCC1. The second-order valence-electron chi connectivity index (χ2n) is 5.60. The van der Waals surface area contributed by atoms with Gasteiger partial charge in [0, 0.05) is 12.6 Å². The van der Waals surface area contributed by atoms with E-state index < -0.39 is 0 Å². The van der Waals surface area contributed by atoms with Crippen LogP contribution in [0.3, 0.4) is 0 Å². The maximum Gasteiger partial charge on any atom is 0.0431 e. The Balaban J connectivity index is 0.000000351. The van der Waals surface area contributed by atoms with E-state index in [0.717, 1.165) is 6.42 Å². The van der Waals surface area contributed by atoms with Gasteiger partial charge in [0.25, 0.3) is 0 Å². The fourth-order valence-electron chi connectivity index (χ4n) is 2.38. The predicted octanol–water partition coefficient (Wildman–Crippen LogP) is 4.40. The number of hydrogen-bond acceptors (Lipinski definition) is 2. The van der Waals surface area contributed by atoms with E-state index in [1.54, 1.807) is 0 Å². The molecule has 1 saturated carbocycles. The monoisotopic (exact) mass is 257 g/mol. The minimum Gasteiger partial charge on any atom is -0.396 e. The molecule has 0 amide bonds. The van der Waals surface area contributed by atoms with Gasteiger partial charge in [-0.05, 0) is 19.3 Å². The van der Waals surface area contributed by atoms with Crippen molar-refractivity contribution in [2.45, 2.75) is 96.4 Å². The van der Waals surface area contributed by atoms with Crippen molar-refractivity contribution in [3.63, 3.8) is 0 Å². The van der Waals surface area contributed by atoms with Gasteiger partial charge in [0.05, 0.1) is 0 Å². The second kappa shape index (κ2) is 15.0. The Morgan fingerprint density at radius 2 is 1.33 bits per heavy atom. The van der Waals surface area contributed by atoms with Crippen LogP contribution in [-0.4, -0.2) is 17.8 Å². The summed E-state index contributed by atoms with van der Waals surface area (Å²) >= 11 is 0. The highest BCUT2D eigenvalue weighted by Gasteiger charge is 2.06. The number of hydrogen-bond donors (Lipinski definition) is 2. The van der Waals surface area contributed by atoms with Crippen LogP contribution in [0.5, 0.6) is 0 Å². The van der Waals surface area contributed by atoms with Gasteiger partial charge in [-0.15, -0.1) is 0 Å². The summed E-state index contributed by atoms with van der Waals surface area (Å²) in [7, 11) is 0. The number of unbranched alkanes of at least 4 members (excludes halogenated alkanes) is 7. The molecule has 3 N–H and O–H groups in total. The van der Waals surface area contributed by atoms with E-state index in [9.17, 15) is 0 Å². The van der Waals surface area contributed by atoms with E-state index in [2.05, 4.69) is 6.92 Å². The molecule has 1 rings (SSSR count). The maximum absolute atomic E-state index is 8.51. The van der Waals surface area contributed by atoms with Crippen LogP contribution in [0.25, 0.3) is 0 Å². The molecule has 0 aromatic rings. The average Bonchev–Trinajstić information content (AvgIpc) is 2.39. The zero-order valence-corrected chi connectivity index (χ0v) is 12.5. The van der Waals surface area contributed by atoms with Crippen molar-refractivity contribution in [2.24, 2.45) is 5.73 Å². The van der Waals surface area contributed by atoms with Crippen LogP contribution in [0.2, 0.25) is 0 Å². The molecular weight excluding hydrogens is 222 g/mol. The highest BCUT2D eigenvalue weighted by Crippen LogP contribution is 2.14. The van der Waals surface area contributed by atoms with Gasteiger partial charge in [-0.2, -0.15) is 0 Å². The lowest BCUT2D eigenvalue weighted by atomic mass is 9.97. The van der Waals surface area contributed by atoms with Gasteiger partial charge >= 0.3 is 0 Å². The van der Waals surface area contributed by atoms with Gasteiger partial charge in [0.15, 0.2) is 0 Å². The van der Waals surface area contributed by atoms with Crippen molar-refractivity contribution in [1.29, 1.82) is 0 Å². The van der Waals surface area contributed by atoms with Crippen molar-refractivity contribution < 1.29 is 5.11 Å². The lowest BCUT2D eigenvalue weighted by Crippen LogP contribution is -2.22. The second-order valence-corrected chi connectivity index (χ2v) is 5.60. The summed E-state index contributed by atoms with van der Waals surface area (Å²) in [5.41, 5.74) is 5.63. The standard InChI is InChI=1S/C10H22O.C6H13N/c1-2-3-4-5-6-7-8-9-10-11;7-6-4-2-1-3-5-6/h11H,2-10H2,1H3;6H,1-5,7H2. The quantitative estimate of drug-likeness (QED) is 0.633. The minimum atomic E-state index is 0.370.